The SMILES string of the molecule is COCC1CCN(c2nccnc2C(=N)N)C1. The van der Waals surface area contributed by atoms with Gasteiger partial charge in [0, 0.05) is 38.5 Å². The Morgan fingerprint density at radius 2 is 2.35 bits per heavy atom. The second-order valence-corrected chi connectivity index (χ2v) is 4.20. The normalized spacial score (nSPS) is 19.6. The number of nitrogens with one attached hydrogen (secondary N) is 1. The van der Waals surface area contributed by atoms with E-state index in [0.717, 1.165) is 26.1 Å². The van der Waals surface area contributed by atoms with E-state index >= 15 is 0 Å². The molecule has 1 aromatic rings. The minimum absolute atomic E-state index is 0.0386. The molecule has 1 saturated heterocycles. The Morgan fingerprint density at radius 3 is 3.06 bits per heavy atom. The van der Waals surface area contributed by atoms with Crippen molar-refractivity contribution in [2.45, 2.75) is 6.42 Å². The molecular formula is C11H17N5O. The van der Waals surface area contributed by atoms with Gasteiger partial charge >= 0.3 is 0 Å². The summed E-state index contributed by atoms with van der Waals surface area (Å²) >= 11 is 0. The maximum atomic E-state index is 7.50. The molecular weight excluding hydrogens is 218 g/mol. The molecule has 2 rings (SSSR count). The van der Waals surface area contributed by atoms with Crippen molar-refractivity contribution >= 4 is 11.7 Å². The van der Waals surface area contributed by atoms with E-state index in [2.05, 4.69) is 14.9 Å². The average molecular weight is 235 g/mol. The third-order valence-electron chi connectivity index (χ3n) is 2.92. The minimum atomic E-state index is -0.0386. The smallest absolute Gasteiger partial charge is 0.158 e. The Bertz CT molecular complexity index is 409. The van der Waals surface area contributed by atoms with Crippen LogP contribution in [0.2, 0.25) is 0 Å². The average Bonchev–Trinajstić information content (AvgIpc) is 2.78. The summed E-state index contributed by atoms with van der Waals surface area (Å²) in [5, 5.41) is 7.50. The zero-order chi connectivity index (χ0) is 12.3. The Morgan fingerprint density at radius 1 is 1.59 bits per heavy atom. The highest BCUT2D eigenvalue weighted by Crippen LogP contribution is 2.23. The second kappa shape index (κ2) is 5.09. The Kier molecular flexibility index (Phi) is 3.53. The molecule has 0 radical (unpaired) electrons. The van der Waals surface area contributed by atoms with Crippen LogP contribution in [0.5, 0.6) is 0 Å². The van der Waals surface area contributed by atoms with Crippen LogP contribution < -0.4 is 10.6 Å². The molecule has 0 amide bonds. The van der Waals surface area contributed by atoms with Gasteiger partial charge in [0.05, 0.1) is 6.61 Å². The lowest BCUT2D eigenvalue weighted by Gasteiger charge is -2.19. The fourth-order valence-electron chi connectivity index (χ4n) is 2.15. The van der Waals surface area contributed by atoms with Crippen molar-refractivity contribution in [2.75, 3.05) is 31.7 Å². The molecule has 1 atom stereocenters. The summed E-state index contributed by atoms with van der Waals surface area (Å²) < 4.78 is 5.16. The lowest BCUT2D eigenvalue weighted by molar-refractivity contribution is 0.161. The van der Waals surface area contributed by atoms with Crippen LogP contribution in [0.15, 0.2) is 12.4 Å². The summed E-state index contributed by atoms with van der Waals surface area (Å²) in [5.74, 6) is 1.18. The van der Waals surface area contributed by atoms with Crippen molar-refractivity contribution in [3.63, 3.8) is 0 Å². The van der Waals surface area contributed by atoms with Gasteiger partial charge in [0.25, 0.3) is 0 Å². The largest absolute Gasteiger partial charge is 0.384 e. The molecule has 2 heterocycles. The van der Waals surface area contributed by atoms with Crippen LogP contribution in [-0.4, -0.2) is 42.6 Å². The lowest BCUT2D eigenvalue weighted by atomic mass is 10.1. The molecule has 0 aliphatic carbocycles. The minimum Gasteiger partial charge on any atom is -0.384 e. The van der Waals surface area contributed by atoms with E-state index in [1.54, 1.807) is 19.5 Å². The van der Waals surface area contributed by atoms with Gasteiger partial charge in [0.1, 0.15) is 11.5 Å². The van der Waals surface area contributed by atoms with Crippen molar-refractivity contribution in [3.8, 4) is 0 Å². The van der Waals surface area contributed by atoms with E-state index in [-0.39, 0.29) is 5.84 Å². The molecule has 0 spiro atoms. The molecule has 1 aliphatic rings. The van der Waals surface area contributed by atoms with Crippen molar-refractivity contribution in [1.29, 1.82) is 5.41 Å². The van der Waals surface area contributed by atoms with E-state index in [1.807, 2.05) is 0 Å². The van der Waals surface area contributed by atoms with E-state index < -0.39 is 0 Å². The van der Waals surface area contributed by atoms with Gasteiger partial charge in [-0.15, -0.1) is 0 Å². The first kappa shape index (κ1) is 11.8. The molecule has 6 nitrogen and oxygen atoms in total. The van der Waals surface area contributed by atoms with E-state index in [4.69, 9.17) is 15.9 Å². The van der Waals surface area contributed by atoms with Crippen LogP contribution in [0.25, 0.3) is 0 Å². The summed E-state index contributed by atoms with van der Waals surface area (Å²) in [4.78, 5) is 10.5. The molecule has 92 valence electrons. The van der Waals surface area contributed by atoms with E-state index in [1.165, 1.54) is 0 Å². The highest BCUT2D eigenvalue weighted by molar-refractivity contribution is 5.97. The van der Waals surface area contributed by atoms with Gasteiger partial charge in [-0.1, -0.05) is 0 Å². The molecule has 3 N–H and O–H groups in total. The summed E-state index contributed by atoms with van der Waals surface area (Å²) in [6.07, 6.45) is 4.26. The topological polar surface area (TPSA) is 88.1 Å². The molecule has 0 bridgehead atoms. The molecule has 6 heteroatoms. The van der Waals surface area contributed by atoms with Crippen LogP contribution in [-0.2, 0) is 4.74 Å². The standard InChI is InChI=1S/C11H17N5O/c1-17-7-8-2-5-16(6-8)11-9(10(12)13)14-3-4-15-11/h3-4,8H,2,5-7H2,1H3,(H3,12,13). The van der Waals surface area contributed by atoms with Crippen molar-refractivity contribution in [2.24, 2.45) is 11.7 Å². The first-order chi connectivity index (χ1) is 8.22. The number of amidine groups is 1. The number of hydrogen-bond donors (Lipinski definition) is 2. The van der Waals surface area contributed by atoms with Crippen LogP contribution in [0.1, 0.15) is 12.1 Å². The number of anilines is 1. The van der Waals surface area contributed by atoms with Gasteiger partial charge in [-0.25, -0.2) is 9.97 Å². The quantitative estimate of drug-likeness (QED) is 0.576. The number of nitrogen functional groups attached to an aromatic ring is 1. The van der Waals surface area contributed by atoms with Gasteiger partial charge in [-0.2, -0.15) is 0 Å². The number of ether oxygens (including phenoxy) is 1. The molecule has 1 aliphatic heterocycles. The fourth-order valence-corrected chi connectivity index (χ4v) is 2.15. The maximum absolute atomic E-state index is 7.50. The van der Waals surface area contributed by atoms with Crippen molar-refractivity contribution in [3.05, 3.63) is 18.1 Å². The van der Waals surface area contributed by atoms with Crippen molar-refractivity contribution in [1.82, 2.24) is 9.97 Å². The molecule has 0 saturated carbocycles. The summed E-state index contributed by atoms with van der Waals surface area (Å²) in [7, 11) is 1.71. The van der Waals surface area contributed by atoms with Gasteiger partial charge in [-0.3, -0.25) is 5.41 Å². The van der Waals surface area contributed by atoms with Crippen molar-refractivity contribution < 1.29 is 4.74 Å². The molecule has 0 aromatic carbocycles. The summed E-state index contributed by atoms with van der Waals surface area (Å²) in [5.41, 5.74) is 5.97. The molecule has 1 unspecified atom stereocenters. The number of nitrogens with two attached hydrogens (primary N) is 1. The van der Waals surface area contributed by atoms with Gasteiger partial charge < -0.3 is 15.4 Å². The highest BCUT2D eigenvalue weighted by Gasteiger charge is 2.25. The first-order valence-corrected chi connectivity index (χ1v) is 5.61. The first-order valence-electron chi connectivity index (χ1n) is 5.61. The van der Waals surface area contributed by atoms with Crippen LogP contribution in [0.4, 0.5) is 5.82 Å². The van der Waals surface area contributed by atoms with Crippen LogP contribution >= 0.6 is 0 Å². The van der Waals surface area contributed by atoms with E-state index in [9.17, 15) is 0 Å². The predicted octanol–water partition coefficient (Wildman–Crippen LogP) is 0.233. The predicted molar refractivity (Wildman–Crippen MR) is 65.2 cm³/mol. The van der Waals surface area contributed by atoms with E-state index in [0.29, 0.717) is 17.4 Å². The highest BCUT2D eigenvalue weighted by atomic mass is 16.5. The monoisotopic (exact) mass is 235 g/mol. The number of rotatable bonds is 4. The third kappa shape index (κ3) is 2.52. The third-order valence-corrected chi connectivity index (χ3v) is 2.92. The Labute approximate surface area is 100 Å². The van der Waals surface area contributed by atoms with Gasteiger partial charge in [-0.05, 0) is 6.42 Å². The summed E-state index contributed by atoms with van der Waals surface area (Å²) in [6.45, 7) is 2.55. The van der Waals surface area contributed by atoms with Gasteiger partial charge in [0.2, 0.25) is 0 Å². The number of hydrogen-bond acceptors (Lipinski definition) is 5. The van der Waals surface area contributed by atoms with Gasteiger partial charge in [0.15, 0.2) is 5.82 Å². The summed E-state index contributed by atoms with van der Waals surface area (Å²) in [6, 6.07) is 0. The van der Waals surface area contributed by atoms with Crippen LogP contribution in [0.3, 0.4) is 0 Å². The Hall–Kier alpha value is -1.69. The zero-order valence-electron chi connectivity index (χ0n) is 9.89. The molecule has 1 fully saturated rings. The Balaban J connectivity index is 2.16. The molecule has 1 aromatic heterocycles. The molecule has 17 heavy (non-hydrogen) atoms. The zero-order valence-corrected chi connectivity index (χ0v) is 9.89. The lowest BCUT2D eigenvalue weighted by Crippen LogP contribution is -2.26. The number of aromatic nitrogens is 2. The fraction of sp³-hybridized carbons (Fsp3) is 0.545. The van der Waals surface area contributed by atoms with Crippen LogP contribution in [0, 0.1) is 11.3 Å². The number of methoxy groups -OCH3 is 1. The maximum Gasteiger partial charge on any atom is 0.158 e. The second-order valence-electron chi connectivity index (χ2n) is 4.20. The number of nitrogens with zero attached hydrogens (tertiary/aromatic N) is 3.